The first-order valence-corrected chi connectivity index (χ1v) is 5.24. The van der Waals surface area contributed by atoms with Crippen LogP contribution in [-0.4, -0.2) is 25.7 Å². The second-order valence-electron chi connectivity index (χ2n) is 3.42. The maximum absolute atomic E-state index is 11.9. The lowest BCUT2D eigenvalue weighted by atomic mass is 10.2. The summed E-state index contributed by atoms with van der Waals surface area (Å²) in [5, 5.41) is 6.73. The number of halogens is 1. The SMILES string of the molecule is Cc1c(C(=O)Nc2nccnc2Cl)cnn1C. The molecule has 0 unspecified atom stereocenters. The molecule has 1 amide bonds. The van der Waals surface area contributed by atoms with E-state index in [2.05, 4.69) is 20.4 Å². The number of aromatic nitrogens is 4. The number of aryl methyl sites for hydroxylation is 1. The molecule has 0 spiro atoms. The highest BCUT2D eigenvalue weighted by molar-refractivity contribution is 6.32. The number of anilines is 1. The maximum Gasteiger partial charge on any atom is 0.260 e. The molecule has 0 saturated carbocycles. The van der Waals surface area contributed by atoms with Gasteiger partial charge in [0.15, 0.2) is 11.0 Å². The van der Waals surface area contributed by atoms with Gasteiger partial charge in [0.1, 0.15) is 0 Å². The molecule has 0 radical (unpaired) electrons. The van der Waals surface area contributed by atoms with E-state index in [1.54, 1.807) is 18.7 Å². The average Bonchev–Trinajstić information content (AvgIpc) is 2.63. The number of amides is 1. The summed E-state index contributed by atoms with van der Waals surface area (Å²) in [5.41, 5.74) is 1.25. The minimum atomic E-state index is -0.307. The van der Waals surface area contributed by atoms with E-state index >= 15 is 0 Å². The standard InChI is InChI=1S/C10H10ClN5O/c1-6-7(5-14-16(6)2)10(17)15-9-8(11)12-3-4-13-9/h3-5H,1-2H3,(H,13,15,17). The van der Waals surface area contributed by atoms with Crippen LogP contribution < -0.4 is 5.32 Å². The first-order chi connectivity index (χ1) is 8.09. The highest BCUT2D eigenvalue weighted by Gasteiger charge is 2.14. The molecule has 0 aromatic carbocycles. The molecule has 2 rings (SSSR count). The quantitative estimate of drug-likeness (QED) is 0.876. The fraction of sp³-hybridized carbons (Fsp3) is 0.200. The molecular weight excluding hydrogens is 242 g/mol. The minimum Gasteiger partial charge on any atom is -0.304 e. The highest BCUT2D eigenvalue weighted by Crippen LogP contribution is 2.16. The lowest BCUT2D eigenvalue weighted by molar-refractivity contribution is 0.102. The predicted octanol–water partition coefficient (Wildman–Crippen LogP) is 1.42. The zero-order valence-corrected chi connectivity index (χ0v) is 10.1. The van der Waals surface area contributed by atoms with Crippen molar-refractivity contribution in [2.45, 2.75) is 6.92 Å². The zero-order chi connectivity index (χ0) is 12.4. The molecule has 6 nitrogen and oxygen atoms in total. The zero-order valence-electron chi connectivity index (χ0n) is 9.31. The van der Waals surface area contributed by atoms with Crippen LogP contribution in [0.3, 0.4) is 0 Å². The summed E-state index contributed by atoms with van der Waals surface area (Å²) in [6.07, 6.45) is 4.40. The summed E-state index contributed by atoms with van der Waals surface area (Å²) in [4.78, 5) is 19.7. The molecule has 88 valence electrons. The lowest BCUT2D eigenvalue weighted by Crippen LogP contribution is -2.14. The van der Waals surface area contributed by atoms with E-state index in [4.69, 9.17) is 11.6 Å². The van der Waals surface area contributed by atoms with Gasteiger partial charge in [-0.3, -0.25) is 9.48 Å². The summed E-state index contributed by atoms with van der Waals surface area (Å²) < 4.78 is 1.62. The van der Waals surface area contributed by atoms with Crippen LogP contribution in [0.2, 0.25) is 5.15 Å². The molecule has 2 heterocycles. The fourth-order valence-corrected chi connectivity index (χ4v) is 1.45. The van der Waals surface area contributed by atoms with Crippen LogP contribution >= 0.6 is 11.6 Å². The Hall–Kier alpha value is -1.95. The Bertz CT molecular complexity index is 566. The van der Waals surface area contributed by atoms with E-state index in [0.29, 0.717) is 5.56 Å². The molecule has 7 heteroatoms. The van der Waals surface area contributed by atoms with Crippen molar-refractivity contribution in [3.63, 3.8) is 0 Å². The Morgan fingerprint density at radius 2 is 2.12 bits per heavy atom. The normalized spacial score (nSPS) is 10.3. The van der Waals surface area contributed by atoms with Crippen molar-refractivity contribution in [1.82, 2.24) is 19.7 Å². The van der Waals surface area contributed by atoms with Crippen LogP contribution in [0.5, 0.6) is 0 Å². The fourth-order valence-electron chi connectivity index (χ4n) is 1.30. The van der Waals surface area contributed by atoms with Gasteiger partial charge in [-0.25, -0.2) is 9.97 Å². The number of nitrogens with zero attached hydrogens (tertiary/aromatic N) is 4. The topological polar surface area (TPSA) is 72.7 Å². The smallest absolute Gasteiger partial charge is 0.260 e. The summed E-state index contributed by atoms with van der Waals surface area (Å²) in [7, 11) is 1.77. The van der Waals surface area contributed by atoms with Gasteiger partial charge in [-0.1, -0.05) is 11.6 Å². The van der Waals surface area contributed by atoms with Gasteiger partial charge < -0.3 is 5.32 Å². The Morgan fingerprint density at radius 3 is 2.71 bits per heavy atom. The van der Waals surface area contributed by atoms with Crippen molar-refractivity contribution in [1.29, 1.82) is 0 Å². The van der Waals surface area contributed by atoms with Crippen molar-refractivity contribution < 1.29 is 4.79 Å². The monoisotopic (exact) mass is 251 g/mol. The van der Waals surface area contributed by atoms with E-state index in [1.165, 1.54) is 18.6 Å². The third-order valence-corrected chi connectivity index (χ3v) is 2.64. The molecule has 0 aliphatic carbocycles. The molecule has 0 aliphatic rings. The van der Waals surface area contributed by atoms with E-state index in [9.17, 15) is 4.79 Å². The van der Waals surface area contributed by atoms with Gasteiger partial charge in [0, 0.05) is 25.1 Å². The van der Waals surface area contributed by atoms with Crippen LogP contribution in [0.15, 0.2) is 18.6 Å². The van der Waals surface area contributed by atoms with Crippen molar-refractivity contribution in [3.8, 4) is 0 Å². The number of nitrogens with one attached hydrogen (secondary N) is 1. The Kier molecular flexibility index (Phi) is 3.06. The molecule has 0 aliphatic heterocycles. The molecule has 2 aromatic rings. The van der Waals surface area contributed by atoms with Crippen LogP contribution in [0.4, 0.5) is 5.82 Å². The molecule has 1 N–H and O–H groups in total. The van der Waals surface area contributed by atoms with E-state index in [-0.39, 0.29) is 16.9 Å². The Morgan fingerprint density at radius 1 is 1.41 bits per heavy atom. The molecule has 0 fully saturated rings. The van der Waals surface area contributed by atoms with Crippen molar-refractivity contribution in [3.05, 3.63) is 35.0 Å². The third kappa shape index (κ3) is 2.26. The van der Waals surface area contributed by atoms with Gasteiger partial charge in [-0.2, -0.15) is 5.10 Å². The second-order valence-corrected chi connectivity index (χ2v) is 3.78. The lowest BCUT2D eigenvalue weighted by Gasteiger charge is -2.04. The highest BCUT2D eigenvalue weighted by atomic mass is 35.5. The van der Waals surface area contributed by atoms with Crippen LogP contribution in [0, 0.1) is 6.92 Å². The molecule has 17 heavy (non-hydrogen) atoms. The van der Waals surface area contributed by atoms with E-state index in [1.807, 2.05) is 0 Å². The summed E-state index contributed by atoms with van der Waals surface area (Å²) in [5.74, 6) is -0.0691. The van der Waals surface area contributed by atoms with Gasteiger partial charge in [0.2, 0.25) is 0 Å². The van der Waals surface area contributed by atoms with E-state index in [0.717, 1.165) is 5.69 Å². The predicted molar refractivity (Wildman–Crippen MR) is 62.9 cm³/mol. The number of rotatable bonds is 2. The van der Waals surface area contributed by atoms with Crippen LogP contribution in [0.25, 0.3) is 0 Å². The van der Waals surface area contributed by atoms with Crippen molar-refractivity contribution >= 4 is 23.3 Å². The molecule has 0 bridgehead atoms. The average molecular weight is 252 g/mol. The maximum atomic E-state index is 11.9. The number of carbonyl (C=O) groups excluding carboxylic acids is 1. The number of hydrogen-bond acceptors (Lipinski definition) is 4. The largest absolute Gasteiger partial charge is 0.304 e. The first-order valence-electron chi connectivity index (χ1n) is 4.86. The van der Waals surface area contributed by atoms with Gasteiger partial charge >= 0.3 is 0 Å². The summed E-state index contributed by atoms with van der Waals surface area (Å²) in [6.45, 7) is 1.81. The van der Waals surface area contributed by atoms with Gasteiger partial charge in [0.05, 0.1) is 11.8 Å². The number of carbonyl (C=O) groups is 1. The molecule has 2 aromatic heterocycles. The van der Waals surface area contributed by atoms with Crippen molar-refractivity contribution in [2.24, 2.45) is 7.05 Å². The Labute approximate surface area is 103 Å². The van der Waals surface area contributed by atoms with Crippen LogP contribution in [-0.2, 0) is 7.05 Å². The molecule has 0 saturated heterocycles. The van der Waals surface area contributed by atoms with Gasteiger partial charge in [-0.15, -0.1) is 0 Å². The second kappa shape index (κ2) is 4.50. The summed E-state index contributed by atoms with van der Waals surface area (Å²) >= 11 is 5.79. The van der Waals surface area contributed by atoms with Crippen LogP contribution in [0.1, 0.15) is 16.1 Å². The minimum absolute atomic E-state index is 0.155. The summed E-state index contributed by atoms with van der Waals surface area (Å²) in [6, 6.07) is 0. The van der Waals surface area contributed by atoms with Gasteiger partial charge in [-0.05, 0) is 6.92 Å². The van der Waals surface area contributed by atoms with Crippen molar-refractivity contribution in [2.75, 3.05) is 5.32 Å². The van der Waals surface area contributed by atoms with E-state index < -0.39 is 0 Å². The van der Waals surface area contributed by atoms with Gasteiger partial charge in [0.25, 0.3) is 5.91 Å². The molecule has 0 atom stereocenters. The third-order valence-electron chi connectivity index (χ3n) is 2.37. The first kappa shape index (κ1) is 11.5. The molecular formula is C10H10ClN5O. The Balaban J connectivity index is 2.23. The number of hydrogen-bond donors (Lipinski definition) is 1.